The monoisotopic (exact) mass is 756 g/mol. The third-order valence-electron chi connectivity index (χ3n) is 9.25. The third-order valence-corrected chi connectivity index (χ3v) is 14.7. The first-order valence-electron chi connectivity index (χ1n) is 16.8. The van der Waals surface area contributed by atoms with Gasteiger partial charge in [0.2, 0.25) is 20.0 Å². The van der Waals surface area contributed by atoms with Gasteiger partial charge in [-0.1, -0.05) is 26.7 Å². The largest absolute Gasteiger partial charge is 0.298 e. The lowest BCUT2D eigenvalue weighted by atomic mass is 10.0. The second kappa shape index (κ2) is 15.4. The van der Waals surface area contributed by atoms with Crippen LogP contribution < -0.4 is 10.6 Å². The van der Waals surface area contributed by atoms with Crippen molar-refractivity contribution in [1.82, 2.24) is 18.6 Å². The molecule has 2 aromatic carbocycles. The fraction of sp³-hybridized carbons (Fsp3) is 0.412. The van der Waals surface area contributed by atoms with E-state index in [2.05, 4.69) is 20.6 Å². The van der Waals surface area contributed by atoms with Gasteiger partial charge >= 0.3 is 0 Å². The number of carbonyl (C=O) groups is 2. The van der Waals surface area contributed by atoms with Gasteiger partial charge in [0, 0.05) is 47.1 Å². The van der Waals surface area contributed by atoms with Crippen molar-refractivity contribution in [3.63, 3.8) is 0 Å². The minimum atomic E-state index is -3.65. The van der Waals surface area contributed by atoms with Crippen molar-refractivity contribution < 1.29 is 26.4 Å². The van der Waals surface area contributed by atoms with Gasteiger partial charge < -0.3 is 0 Å². The van der Waals surface area contributed by atoms with Crippen LogP contribution in [0.3, 0.4) is 0 Å². The number of piperidine rings is 2. The second-order valence-corrected chi connectivity index (χ2v) is 17.9. The first kappa shape index (κ1) is 36.3. The molecule has 2 atom stereocenters. The number of amides is 2. The molecule has 0 radical (unpaired) electrons. The van der Waals surface area contributed by atoms with Crippen LogP contribution in [0.15, 0.2) is 69.1 Å². The van der Waals surface area contributed by atoms with Crippen LogP contribution in [0.5, 0.6) is 0 Å². The van der Waals surface area contributed by atoms with Crippen molar-refractivity contribution in [2.24, 2.45) is 0 Å². The Morgan fingerprint density at radius 2 is 1.04 bits per heavy atom. The number of hydrogen-bond donors (Lipinski definition) is 2. The van der Waals surface area contributed by atoms with Gasteiger partial charge in [-0.25, -0.2) is 26.8 Å². The molecule has 2 saturated heterocycles. The summed E-state index contributed by atoms with van der Waals surface area (Å²) in [5.41, 5.74) is 1.61. The van der Waals surface area contributed by atoms with Gasteiger partial charge in [0.05, 0.1) is 9.79 Å². The standard InChI is InChI=1S/C34H40N6O6S4/c1-3-25-9-5-7-19-39(25)49(43,44)27-15-11-23(12-16-27)31(41)37-33-35-29(21-47-33)30-22-48-34(36-30)38-32(42)24-13-17-28(18-14-24)50(45,46)40-20-8-6-10-26(40)4-2/h11-18,21-22,25-26H,3-10,19-20H2,1-2H3,(H,35,37,41)(H,36,38,42). The van der Waals surface area contributed by atoms with Crippen LogP contribution in [-0.4, -0.2) is 72.4 Å². The molecule has 6 rings (SSSR count). The Morgan fingerprint density at radius 3 is 1.40 bits per heavy atom. The molecule has 2 aliphatic rings. The number of sulfonamides is 2. The van der Waals surface area contributed by atoms with Gasteiger partial charge in [0.15, 0.2) is 10.3 Å². The Bertz CT molecular complexity index is 1900. The highest BCUT2D eigenvalue weighted by Gasteiger charge is 2.34. The Balaban J connectivity index is 1.06. The van der Waals surface area contributed by atoms with Crippen molar-refractivity contribution in [3.05, 3.63) is 70.4 Å². The summed E-state index contributed by atoms with van der Waals surface area (Å²) in [6.45, 7) is 5.00. The lowest BCUT2D eigenvalue weighted by molar-refractivity contribution is 0.101. The Labute approximate surface area is 301 Å². The van der Waals surface area contributed by atoms with E-state index in [1.54, 1.807) is 19.4 Å². The average molecular weight is 757 g/mol. The van der Waals surface area contributed by atoms with Crippen LogP contribution in [0.1, 0.15) is 85.9 Å². The van der Waals surface area contributed by atoms with E-state index in [1.807, 2.05) is 13.8 Å². The minimum absolute atomic E-state index is 0.00973. The second-order valence-electron chi connectivity index (χ2n) is 12.4. The maximum atomic E-state index is 13.3. The van der Waals surface area contributed by atoms with Crippen LogP contribution in [0.2, 0.25) is 0 Å². The number of hydrogen-bond acceptors (Lipinski definition) is 10. The molecule has 0 aliphatic carbocycles. The van der Waals surface area contributed by atoms with Gasteiger partial charge in [-0.3, -0.25) is 20.2 Å². The molecule has 0 bridgehead atoms. The third kappa shape index (κ3) is 7.70. The van der Waals surface area contributed by atoms with Crippen molar-refractivity contribution in [2.75, 3.05) is 23.7 Å². The Morgan fingerprint density at radius 1 is 0.660 bits per heavy atom. The molecule has 2 aliphatic heterocycles. The number of nitrogens with zero attached hydrogens (tertiary/aromatic N) is 4. The van der Waals surface area contributed by atoms with Crippen LogP contribution in [0, 0.1) is 0 Å². The molecule has 12 nitrogen and oxygen atoms in total. The van der Waals surface area contributed by atoms with E-state index in [-0.39, 0.29) is 21.9 Å². The lowest BCUT2D eigenvalue weighted by Gasteiger charge is -2.34. The molecule has 2 amide bonds. The number of anilines is 2. The Hall–Kier alpha value is -3.54. The number of aromatic nitrogens is 2. The van der Waals surface area contributed by atoms with Crippen molar-refractivity contribution in [1.29, 1.82) is 0 Å². The SMILES string of the molecule is CCC1CCCCN1S(=O)(=O)c1ccc(C(=O)Nc2nc(-c3csc(NC(=O)c4ccc(S(=O)(=O)N5CCCCC5CC)cc4)n3)cs2)cc1. The number of benzene rings is 2. The minimum Gasteiger partial charge on any atom is -0.298 e. The summed E-state index contributed by atoms with van der Waals surface area (Å²) in [5.74, 6) is -0.851. The molecule has 2 unspecified atom stereocenters. The van der Waals surface area contributed by atoms with Crippen molar-refractivity contribution in [2.45, 2.75) is 87.1 Å². The zero-order chi connectivity index (χ0) is 35.5. The average Bonchev–Trinajstić information content (AvgIpc) is 3.81. The first-order chi connectivity index (χ1) is 24.0. The number of rotatable bonds is 11. The molecule has 16 heteroatoms. The fourth-order valence-electron chi connectivity index (χ4n) is 6.46. The summed E-state index contributed by atoms with van der Waals surface area (Å²) in [5, 5.41) is 9.66. The molecule has 4 aromatic rings. The van der Waals surface area contributed by atoms with E-state index in [0.29, 0.717) is 45.9 Å². The van der Waals surface area contributed by atoms with Crippen LogP contribution in [-0.2, 0) is 20.0 Å². The maximum Gasteiger partial charge on any atom is 0.257 e. The smallest absolute Gasteiger partial charge is 0.257 e. The van der Waals surface area contributed by atoms with Gasteiger partial charge in [0.25, 0.3) is 11.8 Å². The fourth-order valence-corrected chi connectivity index (χ4v) is 11.4. The van der Waals surface area contributed by atoms with Crippen LogP contribution in [0.25, 0.3) is 11.4 Å². The molecule has 0 saturated carbocycles. The van der Waals surface area contributed by atoms with E-state index >= 15 is 0 Å². The van der Waals surface area contributed by atoms with E-state index in [0.717, 1.165) is 51.4 Å². The molecule has 2 fully saturated rings. The van der Waals surface area contributed by atoms with Gasteiger partial charge in [-0.05, 0) is 87.1 Å². The molecule has 2 N–H and O–H groups in total. The summed E-state index contributed by atoms with van der Waals surface area (Å²) in [4.78, 5) is 35.2. The van der Waals surface area contributed by atoms with E-state index in [1.165, 1.54) is 71.2 Å². The van der Waals surface area contributed by atoms with Crippen molar-refractivity contribution >= 4 is 64.8 Å². The summed E-state index contributed by atoms with van der Waals surface area (Å²) in [6, 6.07) is 11.9. The molecule has 266 valence electrons. The summed E-state index contributed by atoms with van der Waals surface area (Å²) in [7, 11) is -7.30. The van der Waals surface area contributed by atoms with Gasteiger partial charge in [0.1, 0.15) is 11.4 Å². The molecule has 4 heterocycles. The molecule has 0 spiro atoms. The van der Waals surface area contributed by atoms with Crippen LogP contribution >= 0.6 is 22.7 Å². The highest BCUT2D eigenvalue weighted by atomic mass is 32.2. The normalized spacial score (nSPS) is 19.2. The maximum absolute atomic E-state index is 13.3. The zero-order valence-corrected chi connectivity index (χ0v) is 31.1. The van der Waals surface area contributed by atoms with Crippen LogP contribution in [0.4, 0.5) is 10.3 Å². The molecular weight excluding hydrogens is 717 g/mol. The van der Waals surface area contributed by atoms with Gasteiger partial charge in [-0.15, -0.1) is 22.7 Å². The predicted octanol–water partition coefficient (Wildman–Crippen LogP) is 6.68. The zero-order valence-electron chi connectivity index (χ0n) is 27.9. The molecular formula is C34H40N6O6S4. The highest BCUT2D eigenvalue weighted by Crippen LogP contribution is 2.31. The van der Waals surface area contributed by atoms with E-state index in [4.69, 9.17) is 0 Å². The van der Waals surface area contributed by atoms with Crippen molar-refractivity contribution in [3.8, 4) is 11.4 Å². The van der Waals surface area contributed by atoms with E-state index < -0.39 is 31.9 Å². The number of nitrogens with one attached hydrogen (secondary N) is 2. The first-order valence-corrected chi connectivity index (χ1v) is 21.4. The van der Waals surface area contributed by atoms with Gasteiger partial charge in [-0.2, -0.15) is 8.61 Å². The molecule has 2 aromatic heterocycles. The number of thiazole rings is 2. The predicted molar refractivity (Wildman–Crippen MR) is 196 cm³/mol. The quantitative estimate of drug-likeness (QED) is 0.172. The highest BCUT2D eigenvalue weighted by molar-refractivity contribution is 7.89. The number of carbonyl (C=O) groups excluding carboxylic acids is 2. The topological polar surface area (TPSA) is 159 Å². The summed E-state index contributed by atoms with van der Waals surface area (Å²) >= 11 is 2.42. The lowest BCUT2D eigenvalue weighted by Crippen LogP contribution is -2.43. The Kier molecular flexibility index (Phi) is 11.1. The molecule has 50 heavy (non-hydrogen) atoms. The van der Waals surface area contributed by atoms with E-state index in [9.17, 15) is 26.4 Å². The summed E-state index contributed by atoms with van der Waals surface area (Å²) < 4.78 is 56.3. The summed E-state index contributed by atoms with van der Waals surface area (Å²) in [6.07, 6.45) is 6.94.